The second kappa shape index (κ2) is 10.5. The first-order valence-corrected chi connectivity index (χ1v) is 5.76. The Kier molecular flexibility index (Phi) is 10.1. The van der Waals surface area contributed by atoms with Crippen LogP contribution in [0.3, 0.4) is 0 Å². The summed E-state index contributed by atoms with van der Waals surface area (Å²) in [4.78, 5) is 0. The molecule has 0 aromatic carbocycles. The van der Waals surface area contributed by atoms with E-state index in [4.69, 9.17) is 5.11 Å². The Labute approximate surface area is 88.5 Å². The molecule has 0 aliphatic rings. The van der Waals surface area contributed by atoms with Crippen LogP contribution >= 0.6 is 0 Å². The van der Waals surface area contributed by atoms with Crippen LogP contribution < -0.4 is 0 Å². The van der Waals surface area contributed by atoms with Crippen LogP contribution in [-0.4, -0.2) is 11.7 Å². The van der Waals surface area contributed by atoms with Crippen LogP contribution in [0.4, 0.5) is 0 Å². The van der Waals surface area contributed by atoms with Crippen molar-refractivity contribution in [2.45, 2.75) is 51.9 Å². The number of hydrogen-bond donors (Lipinski definition) is 1. The Balaban J connectivity index is 3.32. The highest BCUT2D eigenvalue weighted by molar-refractivity contribution is 5.13. The zero-order chi connectivity index (χ0) is 10.6. The van der Waals surface area contributed by atoms with E-state index in [9.17, 15) is 0 Å². The van der Waals surface area contributed by atoms with Gasteiger partial charge in [0, 0.05) is 6.61 Å². The van der Waals surface area contributed by atoms with E-state index in [1.807, 2.05) is 0 Å². The molecule has 0 amide bonds. The molecule has 14 heavy (non-hydrogen) atoms. The third-order valence-corrected chi connectivity index (χ3v) is 2.23. The molecule has 0 aliphatic heterocycles. The highest BCUT2D eigenvalue weighted by Gasteiger charge is 1.89. The molecule has 0 heterocycles. The van der Waals surface area contributed by atoms with Crippen molar-refractivity contribution in [2.24, 2.45) is 0 Å². The fourth-order valence-corrected chi connectivity index (χ4v) is 1.31. The summed E-state index contributed by atoms with van der Waals surface area (Å²) in [5, 5.41) is 8.58. The fraction of sp³-hybridized carbons (Fsp3) is 0.692. The van der Waals surface area contributed by atoms with E-state index in [0.29, 0.717) is 6.61 Å². The molecule has 0 saturated heterocycles. The summed E-state index contributed by atoms with van der Waals surface area (Å²) < 4.78 is 0. The number of unbranched alkanes of at least 4 members (excludes halogenated alkanes) is 4. The zero-order valence-corrected chi connectivity index (χ0v) is 9.47. The minimum Gasteiger partial charge on any atom is -0.396 e. The number of hydrogen-bond acceptors (Lipinski definition) is 1. The molecule has 0 rings (SSSR count). The van der Waals surface area contributed by atoms with Crippen LogP contribution in [-0.2, 0) is 0 Å². The molecule has 1 N–H and O–H groups in total. The van der Waals surface area contributed by atoms with E-state index in [0.717, 1.165) is 25.7 Å². The van der Waals surface area contributed by atoms with Crippen molar-refractivity contribution in [1.82, 2.24) is 0 Å². The second-order valence-electron chi connectivity index (χ2n) is 3.74. The molecule has 0 saturated carbocycles. The Morgan fingerprint density at radius 3 is 2.64 bits per heavy atom. The van der Waals surface area contributed by atoms with Crippen LogP contribution in [0.5, 0.6) is 0 Å². The first kappa shape index (κ1) is 13.4. The SMILES string of the molecule is C=C(/C=C/CCCCO)CCCCC. The van der Waals surface area contributed by atoms with Gasteiger partial charge in [0.05, 0.1) is 0 Å². The lowest BCUT2D eigenvalue weighted by Gasteiger charge is -1.98. The van der Waals surface area contributed by atoms with E-state index >= 15 is 0 Å². The summed E-state index contributed by atoms with van der Waals surface area (Å²) in [6.45, 7) is 6.53. The minimum atomic E-state index is 0.311. The van der Waals surface area contributed by atoms with Crippen molar-refractivity contribution in [2.75, 3.05) is 6.61 Å². The van der Waals surface area contributed by atoms with E-state index < -0.39 is 0 Å². The number of aliphatic hydroxyl groups excluding tert-OH is 1. The number of rotatable bonds is 9. The predicted molar refractivity (Wildman–Crippen MR) is 63.4 cm³/mol. The number of allylic oxidation sites excluding steroid dienone is 3. The van der Waals surface area contributed by atoms with Gasteiger partial charge < -0.3 is 5.11 Å². The summed E-state index contributed by atoms with van der Waals surface area (Å²) >= 11 is 0. The quantitative estimate of drug-likeness (QED) is 0.439. The molecule has 0 unspecified atom stereocenters. The normalized spacial score (nSPS) is 11.0. The third kappa shape index (κ3) is 9.53. The van der Waals surface area contributed by atoms with Gasteiger partial charge >= 0.3 is 0 Å². The molecular weight excluding hydrogens is 172 g/mol. The fourth-order valence-electron chi connectivity index (χ4n) is 1.31. The van der Waals surface area contributed by atoms with Gasteiger partial charge in [0.25, 0.3) is 0 Å². The predicted octanol–water partition coefficient (Wildman–Crippen LogP) is 3.84. The summed E-state index contributed by atoms with van der Waals surface area (Å²) in [5.41, 5.74) is 1.24. The van der Waals surface area contributed by atoms with Gasteiger partial charge in [0.1, 0.15) is 0 Å². The molecule has 0 aliphatic carbocycles. The van der Waals surface area contributed by atoms with Crippen LogP contribution in [0.25, 0.3) is 0 Å². The van der Waals surface area contributed by atoms with Gasteiger partial charge in [-0.15, -0.1) is 0 Å². The zero-order valence-electron chi connectivity index (χ0n) is 9.47. The van der Waals surface area contributed by atoms with Gasteiger partial charge in [-0.1, -0.05) is 44.1 Å². The first-order valence-electron chi connectivity index (χ1n) is 5.76. The average Bonchev–Trinajstić information content (AvgIpc) is 2.18. The van der Waals surface area contributed by atoms with Crippen molar-refractivity contribution < 1.29 is 5.11 Å². The van der Waals surface area contributed by atoms with Crippen molar-refractivity contribution >= 4 is 0 Å². The highest BCUT2D eigenvalue weighted by atomic mass is 16.2. The Morgan fingerprint density at radius 2 is 2.00 bits per heavy atom. The van der Waals surface area contributed by atoms with E-state index in [-0.39, 0.29) is 0 Å². The second-order valence-corrected chi connectivity index (χ2v) is 3.74. The molecule has 0 bridgehead atoms. The average molecular weight is 196 g/mol. The van der Waals surface area contributed by atoms with Crippen LogP contribution in [0.15, 0.2) is 24.3 Å². The van der Waals surface area contributed by atoms with Crippen molar-refractivity contribution in [3.63, 3.8) is 0 Å². The van der Waals surface area contributed by atoms with Gasteiger partial charge in [-0.25, -0.2) is 0 Å². The molecule has 0 fully saturated rings. The summed E-state index contributed by atoms with van der Waals surface area (Å²) in [7, 11) is 0. The lowest BCUT2D eigenvalue weighted by atomic mass is 10.1. The molecule has 0 atom stereocenters. The van der Waals surface area contributed by atoms with Crippen LogP contribution in [0, 0.1) is 0 Å². The first-order chi connectivity index (χ1) is 6.81. The molecular formula is C13H24O. The number of aliphatic hydroxyl groups is 1. The lowest BCUT2D eigenvalue weighted by Crippen LogP contribution is -1.81. The summed E-state index contributed by atoms with van der Waals surface area (Å²) in [5.74, 6) is 0. The maximum atomic E-state index is 8.58. The summed E-state index contributed by atoms with van der Waals surface area (Å²) in [6.07, 6.45) is 12.3. The molecule has 1 heteroatoms. The largest absolute Gasteiger partial charge is 0.396 e. The molecule has 0 spiro atoms. The van der Waals surface area contributed by atoms with E-state index in [1.54, 1.807) is 0 Å². The molecule has 0 aromatic rings. The maximum absolute atomic E-state index is 8.58. The van der Waals surface area contributed by atoms with Gasteiger partial charge in [0.2, 0.25) is 0 Å². The third-order valence-electron chi connectivity index (χ3n) is 2.23. The van der Waals surface area contributed by atoms with Crippen LogP contribution in [0.1, 0.15) is 51.9 Å². The van der Waals surface area contributed by atoms with Gasteiger partial charge in [-0.05, 0) is 32.1 Å². The van der Waals surface area contributed by atoms with Gasteiger partial charge in [-0.3, -0.25) is 0 Å². The highest BCUT2D eigenvalue weighted by Crippen LogP contribution is 2.08. The van der Waals surface area contributed by atoms with E-state index in [2.05, 4.69) is 25.7 Å². The summed E-state index contributed by atoms with van der Waals surface area (Å²) in [6, 6.07) is 0. The van der Waals surface area contributed by atoms with Crippen molar-refractivity contribution in [3.8, 4) is 0 Å². The molecule has 82 valence electrons. The van der Waals surface area contributed by atoms with Gasteiger partial charge in [0.15, 0.2) is 0 Å². The smallest absolute Gasteiger partial charge is 0.0431 e. The minimum absolute atomic E-state index is 0.311. The molecule has 0 aromatic heterocycles. The monoisotopic (exact) mass is 196 g/mol. The van der Waals surface area contributed by atoms with E-state index in [1.165, 1.54) is 24.8 Å². The van der Waals surface area contributed by atoms with Gasteiger partial charge in [-0.2, -0.15) is 0 Å². The Bertz CT molecular complexity index is 159. The Morgan fingerprint density at radius 1 is 1.21 bits per heavy atom. The topological polar surface area (TPSA) is 20.2 Å². The van der Waals surface area contributed by atoms with Crippen molar-refractivity contribution in [1.29, 1.82) is 0 Å². The maximum Gasteiger partial charge on any atom is 0.0431 e. The molecule has 0 radical (unpaired) electrons. The standard InChI is InChI=1S/C13H24O/c1-3-4-7-10-13(2)11-8-5-6-9-12-14/h8,11,14H,2-7,9-10,12H2,1H3/b11-8+. The molecule has 1 nitrogen and oxygen atoms in total. The van der Waals surface area contributed by atoms with Crippen LogP contribution in [0.2, 0.25) is 0 Å². The lowest BCUT2D eigenvalue weighted by molar-refractivity contribution is 0.285. The Hall–Kier alpha value is -0.560. The van der Waals surface area contributed by atoms with Crippen molar-refractivity contribution in [3.05, 3.63) is 24.3 Å².